The molecule has 0 saturated heterocycles. The zero-order valence-corrected chi connectivity index (χ0v) is 7.59. The Balaban J connectivity index is 3.50. The van der Waals surface area contributed by atoms with Gasteiger partial charge in [-0.2, -0.15) is 0 Å². The van der Waals surface area contributed by atoms with Gasteiger partial charge in [-0.3, -0.25) is 4.79 Å². The first kappa shape index (κ1) is 10.2. The molecule has 2 N–H and O–H groups in total. The molecule has 1 amide bonds. The van der Waals surface area contributed by atoms with Crippen molar-refractivity contribution >= 4 is 29.1 Å². The zero-order chi connectivity index (χ0) is 10.2. The summed E-state index contributed by atoms with van der Waals surface area (Å²) in [7, 11) is 0. The lowest BCUT2D eigenvalue weighted by atomic mass is 10.2. The fourth-order valence-electron chi connectivity index (χ4n) is 0.752. The van der Waals surface area contributed by atoms with Gasteiger partial charge in [-0.25, -0.2) is 8.78 Å². The highest BCUT2D eigenvalue weighted by molar-refractivity contribution is 6.35. The van der Waals surface area contributed by atoms with Crippen LogP contribution < -0.4 is 5.73 Å². The summed E-state index contributed by atoms with van der Waals surface area (Å²) in [5, 5.41) is -1.28. The zero-order valence-electron chi connectivity index (χ0n) is 6.07. The highest BCUT2D eigenvalue weighted by Crippen LogP contribution is 2.28. The lowest BCUT2D eigenvalue weighted by Crippen LogP contribution is -2.14. The maximum absolute atomic E-state index is 13.0. The van der Waals surface area contributed by atoms with Crippen LogP contribution >= 0.6 is 23.2 Å². The van der Waals surface area contributed by atoms with Crippen LogP contribution in [-0.4, -0.2) is 5.91 Å². The molecule has 0 fully saturated rings. The second-order valence-electron chi connectivity index (χ2n) is 2.21. The van der Waals surface area contributed by atoms with Crippen molar-refractivity contribution in [2.75, 3.05) is 0 Å². The van der Waals surface area contributed by atoms with Gasteiger partial charge in [0.25, 0.3) is 5.91 Å². The average molecular weight is 226 g/mol. The third-order valence-corrected chi connectivity index (χ3v) is 1.97. The molecule has 13 heavy (non-hydrogen) atoms. The second-order valence-corrected chi connectivity index (χ2v) is 3.00. The molecule has 1 aromatic carbocycles. The van der Waals surface area contributed by atoms with E-state index in [4.69, 9.17) is 28.9 Å². The fourth-order valence-corrected chi connectivity index (χ4v) is 1.21. The van der Waals surface area contributed by atoms with Gasteiger partial charge in [0.15, 0.2) is 11.6 Å². The SMILES string of the molecule is NC(=O)c1cc(Cl)c(F)c(Cl)c1F. The van der Waals surface area contributed by atoms with Crippen molar-refractivity contribution in [3.63, 3.8) is 0 Å². The normalized spacial score (nSPS) is 10.2. The molecular weight excluding hydrogens is 223 g/mol. The number of amides is 1. The highest BCUT2D eigenvalue weighted by atomic mass is 35.5. The molecule has 0 heterocycles. The van der Waals surface area contributed by atoms with Crippen molar-refractivity contribution in [2.45, 2.75) is 0 Å². The molecule has 0 spiro atoms. The number of benzene rings is 1. The van der Waals surface area contributed by atoms with Crippen LogP contribution in [0.5, 0.6) is 0 Å². The van der Waals surface area contributed by atoms with Crippen molar-refractivity contribution in [3.05, 3.63) is 33.3 Å². The smallest absolute Gasteiger partial charge is 0.251 e. The topological polar surface area (TPSA) is 43.1 Å². The van der Waals surface area contributed by atoms with Crippen molar-refractivity contribution in [3.8, 4) is 0 Å². The van der Waals surface area contributed by atoms with E-state index < -0.39 is 33.2 Å². The summed E-state index contributed by atoms with van der Waals surface area (Å²) in [6, 6.07) is 0.792. The van der Waals surface area contributed by atoms with Crippen LogP contribution in [0.3, 0.4) is 0 Å². The summed E-state index contributed by atoms with van der Waals surface area (Å²) >= 11 is 10.5. The number of carbonyl (C=O) groups is 1. The van der Waals surface area contributed by atoms with Crippen LogP contribution in [0.1, 0.15) is 10.4 Å². The first-order valence-electron chi connectivity index (χ1n) is 3.08. The van der Waals surface area contributed by atoms with E-state index in [0.29, 0.717) is 0 Å². The lowest BCUT2D eigenvalue weighted by Gasteiger charge is -2.03. The molecule has 1 aromatic rings. The second kappa shape index (κ2) is 3.47. The Morgan fingerprint density at radius 2 is 1.85 bits per heavy atom. The Bertz CT molecular complexity index is 381. The molecule has 6 heteroatoms. The van der Waals surface area contributed by atoms with Gasteiger partial charge in [0.05, 0.1) is 10.6 Å². The summed E-state index contributed by atoms with van der Waals surface area (Å²) in [5.74, 6) is -3.36. The maximum Gasteiger partial charge on any atom is 0.251 e. The molecule has 2 nitrogen and oxygen atoms in total. The number of halogens is 4. The van der Waals surface area contributed by atoms with E-state index in [1.54, 1.807) is 0 Å². The quantitative estimate of drug-likeness (QED) is 0.579. The Morgan fingerprint density at radius 1 is 1.31 bits per heavy atom. The number of rotatable bonds is 1. The van der Waals surface area contributed by atoms with Crippen LogP contribution in [-0.2, 0) is 0 Å². The first-order chi connectivity index (χ1) is 5.95. The Kier molecular flexibility index (Phi) is 2.73. The third kappa shape index (κ3) is 1.73. The largest absolute Gasteiger partial charge is 0.366 e. The first-order valence-corrected chi connectivity index (χ1v) is 3.83. The molecule has 0 bridgehead atoms. The standard InChI is InChI=1S/C7H3Cl2F2NO/c8-3-1-2(7(12)13)5(10)4(9)6(3)11/h1H,(H2,12,13). The van der Waals surface area contributed by atoms with Crippen LogP contribution in [0, 0.1) is 11.6 Å². The number of carbonyl (C=O) groups excluding carboxylic acids is 1. The summed E-state index contributed by atoms with van der Waals surface area (Å²) < 4.78 is 25.7. The van der Waals surface area contributed by atoms with Gasteiger partial charge in [-0.05, 0) is 6.07 Å². The molecule has 0 saturated carbocycles. The number of nitrogens with two attached hydrogens (primary N) is 1. The Morgan fingerprint density at radius 3 is 2.31 bits per heavy atom. The summed E-state index contributed by atoms with van der Waals surface area (Å²) in [6.45, 7) is 0. The molecule has 0 unspecified atom stereocenters. The predicted molar refractivity (Wildman–Crippen MR) is 44.9 cm³/mol. The van der Waals surface area contributed by atoms with E-state index in [-0.39, 0.29) is 0 Å². The lowest BCUT2D eigenvalue weighted by molar-refractivity contribution is 0.0996. The van der Waals surface area contributed by atoms with E-state index in [0.717, 1.165) is 6.07 Å². The van der Waals surface area contributed by atoms with E-state index in [1.165, 1.54) is 0 Å². The molecule has 1 rings (SSSR count). The van der Waals surface area contributed by atoms with Crippen LogP contribution in [0.4, 0.5) is 8.78 Å². The molecular formula is C7H3Cl2F2NO. The summed E-state index contributed by atoms with van der Waals surface area (Å²) in [5.41, 5.74) is 4.25. The molecule has 70 valence electrons. The molecule has 0 aliphatic carbocycles. The van der Waals surface area contributed by atoms with Crippen molar-refractivity contribution in [2.24, 2.45) is 5.73 Å². The minimum Gasteiger partial charge on any atom is -0.366 e. The van der Waals surface area contributed by atoms with Gasteiger partial charge in [0.2, 0.25) is 0 Å². The summed E-state index contributed by atoms with van der Waals surface area (Å²) in [6.07, 6.45) is 0. The van der Waals surface area contributed by atoms with Gasteiger partial charge in [-0.15, -0.1) is 0 Å². The number of primary amides is 1. The maximum atomic E-state index is 13.0. The van der Waals surface area contributed by atoms with E-state index in [2.05, 4.69) is 0 Å². The molecule has 0 aliphatic heterocycles. The van der Waals surface area contributed by atoms with Crippen LogP contribution in [0.15, 0.2) is 6.07 Å². The third-order valence-electron chi connectivity index (χ3n) is 1.37. The van der Waals surface area contributed by atoms with Crippen molar-refractivity contribution in [1.82, 2.24) is 0 Å². The predicted octanol–water partition coefficient (Wildman–Crippen LogP) is 2.37. The highest BCUT2D eigenvalue weighted by Gasteiger charge is 2.18. The van der Waals surface area contributed by atoms with Gasteiger partial charge in [0.1, 0.15) is 5.02 Å². The minimum absolute atomic E-state index is 0.444. The molecule has 0 aromatic heterocycles. The van der Waals surface area contributed by atoms with Crippen molar-refractivity contribution in [1.29, 1.82) is 0 Å². The monoisotopic (exact) mass is 225 g/mol. The van der Waals surface area contributed by atoms with E-state index in [9.17, 15) is 13.6 Å². The van der Waals surface area contributed by atoms with Crippen LogP contribution in [0.2, 0.25) is 10.0 Å². The van der Waals surface area contributed by atoms with Gasteiger partial charge in [0, 0.05) is 0 Å². The van der Waals surface area contributed by atoms with Crippen molar-refractivity contribution < 1.29 is 13.6 Å². The Hall–Kier alpha value is -0.870. The molecule has 0 radical (unpaired) electrons. The number of hydrogen-bond acceptors (Lipinski definition) is 1. The van der Waals surface area contributed by atoms with Crippen LogP contribution in [0.25, 0.3) is 0 Å². The number of hydrogen-bond donors (Lipinski definition) is 1. The fraction of sp³-hybridized carbons (Fsp3) is 0. The molecule has 0 aliphatic rings. The van der Waals surface area contributed by atoms with Gasteiger partial charge >= 0.3 is 0 Å². The summed E-state index contributed by atoms with van der Waals surface area (Å²) in [4.78, 5) is 10.6. The minimum atomic E-state index is -1.20. The van der Waals surface area contributed by atoms with E-state index >= 15 is 0 Å². The van der Waals surface area contributed by atoms with Gasteiger partial charge in [-0.1, -0.05) is 23.2 Å². The molecule has 0 atom stereocenters. The van der Waals surface area contributed by atoms with E-state index in [1.807, 2.05) is 0 Å². The Labute approximate surface area is 82.2 Å². The van der Waals surface area contributed by atoms with Gasteiger partial charge < -0.3 is 5.73 Å². The average Bonchev–Trinajstić information content (AvgIpc) is 2.07.